The molecule has 0 radical (unpaired) electrons. The highest BCUT2D eigenvalue weighted by Crippen LogP contribution is 2.19. The zero-order valence-electron chi connectivity index (χ0n) is 10.4. The van der Waals surface area contributed by atoms with Crippen LogP contribution in [0.15, 0.2) is 53.0 Å². The Morgan fingerprint density at radius 1 is 1.16 bits per heavy atom. The van der Waals surface area contributed by atoms with Crippen molar-refractivity contribution in [1.82, 2.24) is 4.90 Å². The number of amides is 1. The SMILES string of the molecule is CN(Cc1ccccc1Br)C(=O)c1ccccc1I. The molecule has 0 heterocycles. The molecule has 0 saturated carbocycles. The normalized spacial score (nSPS) is 10.3. The molecule has 2 aromatic rings. The molecule has 0 aromatic heterocycles. The van der Waals surface area contributed by atoms with Gasteiger partial charge < -0.3 is 4.90 Å². The molecule has 4 heteroatoms. The van der Waals surface area contributed by atoms with E-state index in [1.807, 2.05) is 55.6 Å². The number of halogens is 2. The van der Waals surface area contributed by atoms with Crippen LogP contribution in [0.3, 0.4) is 0 Å². The minimum absolute atomic E-state index is 0.0424. The predicted octanol–water partition coefficient (Wildman–Crippen LogP) is 4.33. The van der Waals surface area contributed by atoms with Gasteiger partial charge in [0.25, 0.3) is 5.91 Å². The zero-order chi connectivity index (χ0) is 13.8. The molecule has 2 rings (SSSR count). The minimum atomic E-state index is 0.0424. The molecule has 0 aliphatic carbocycles. The average molecular weight is 430 g/mol. The Hall–Kier alpha value is -0.880. The van der Waals surface area contributed by atoms with Crippen LogP contribution in [0, 0.1) is 3.57 Å². The summed E-state index contributed by atoms with van der Waals surface area (Å²) in [7, 11) is 1.82. The fourth-order valence-electron chi connectivity index (χ4n) is 1.79. The van der Waals surface area contributed by atoms with Crippen molar-refractivity contribution < 1.29 is 4.79 Å². The van der Waals surface area contributed by atoms with Crippen LogP contribution >= 0.6 is 38.5 Å². The molecule has 98 valence electrons. The van der Waals surface area contributed by atoms with E-state index in [0.717, 1.165) is 19.2 Å². The lowest BCUT2D eigenvalue weighted by Gasteiger charge is -2.18. The molecule has 0 saturated heterocycles. The van der Waals surface area contributed by atoms with Crippen molar-refractivity contribution in [2.45, 2.75) is 6.54 Å². The lowest BCUT2D eigenvalue weighted by molar-refractivity contribution is 0.0784. The third-order valence-electron chi connectivity index (χ3n) is 2.82. The van der Waals surface area contributed by atoms with Crippen molar-refractivity contribution in [3.8, 4) is 0 Å². The quantitative estimate of drug-likeness (QED) is 0.665. The Labute approximate surface area is 135 Å². The molecule has 1 amide bonds. The third-order valence-corrected chi connectivity index (χ3v) is 4.53. The van der Waals surface area contributed by atoms with Crippen LogP contribution in [-0.2, 0) is 6.54 Å². The summed E-state index contributed by atoms with van der Waals surface area (Å²) < 4.78 is 2.00. The van der Waals surface area contributed by atoms with E-state index in [4.69, 9.17) is 0 Å². The summed E-state index contributed by atoms with van der Waals surface area (Å²) in [5, 5.41) is 0. The van der Waals surface area contributed by atoms with Gasteiger partial charge in [0.05, 0.1) is 5.56 Å². The van der Waals surface area contributed by atoms with Gasteiger partial charge in [-0.3, -0.25) is 4.79 Å². The summed E-state index contributed by atoms with van der Waals surface area (Å²) in [6.45, 7) is 0.589. The van der Waals surface area contributed by atoms with Gasteiger partial charge in [-0.05, 0) is 46.4 Å². The topological polar surface area (TPSA) is 20.3 Å². The summed E-state index contributed by atoms with van der Waals surface area (Å²) in [4.78, 5) is 14.1. The summed E-state index contributed by atoms with van der Waals surface area (Å²) in [6.07, 6.45) is 0. The second-order valence-corrected chi connectivity index (χ2v) is 6.25. The molecular weight excluding hydrogens is 417 g/mol. The molecule has 0 N–H and O–H groups in total. The largest absolute Gasteiger partial charge is 0.337 e. The highest BCUT2D eigenvalue weighted by molar-refractivity contribution is 14.1. The van der Waals surface area contributed by atoms with Crippen LogP contribution in [0.1, 0.15) is 15.9 Å². The standard InChI is InChI=1S/C15H13BrINO/c1-18(10-11-6-2-4-8-13(11)16)15(19)12-7-3-5-9-14(12)17/h2-9H,10H2,1H3. The number of hydrogen-bond donors (Lipinski definition) is 0. The lowest BCUT2D eigenvalue weighted by atomic mass is 10.1. The van der Waals surface area contributed by atoms with Crippen LogP contribution in [0.4, 0.5) is 0 Å². The molecule has 2 nitrogen and oxygen atoms in total. The van der Waals surface area contributed by atoms with E-state index >= 15 is 0 Å². The number of hydrogen-bond acceptors (Lipinski definition) is 1. The van der Waals surface area contributed by atoms with E-state index in [9.17, 15) is 4.79 Å². The zero-order valence-corrected chi connectivity index (χ0v) is 14.2. The maximum absolute atomic E-state index is 12.4. The van der Waals surface area contributed by atoms with Gasteiger partial charge in [0, 0.05) is 21.6 Å². The fraction of sp³-hybridized carbons (Fsp3) is 0.133. The van der Waals surface area contributed by atoms with Gasteiger partial charge in [-0.2, -0.15) is 0 Å². The van der Waals surface area contributed by atoms with Crippen molar-refractivity contribution in [2.75, 3.05) is 7.05 Å². The third kappa shape index (κ3) is 3.57. The van der Waals surface area contributed by atoms with Gasteiger partial charge >= 0.3 is 0 Å². The Kier molecular flexibility index (Phi) is 4.99. The number of rotatable bonds is 3. The number of carbonyl (C=O) groups is 1. The van der Waals surface area contributed by atoms with E-state index in [1.165, 1.54) is 0 Å². The number of benzene rings is 2. The Morgan fingerprint density at radius 2 is 1.79 bits per heavy atom. The van der Waals surface area contributed by atoms with Gasteiger partial charge in [0.1, 0.15) is 0 Å². The van der Waals surface area contributed by atoms with E-state index in [0.29, 0.717) is 6.54 Å². The van der Waals surface area contributed by atoms with Crippen molar-refractivity contribution >= 4 is 44.4 Å². The predicted molar refractivity (Wildman–Crippen MR) is 89.1 cm³/mol. The van der Waals surface area contributed by atoms with Crippen LogP contribution < -0.4 is 0 Å². The van der Waals surface area contributed by atoms with E-state index < -0.39 is 0 Å². The van der Waals surface area contributed by atoms with Crippen LogP contribution in [-0.4, -0.2) is 17.9 Å². The maximum atomic E-state index is 12.4. The molecule has 0 unspecified atom stereocenters. The summed E-state index contributed by atoms with van der Waals surface area (Å²) >= 11 is 5.70. The Morgan fingerprint density at radius 3 is 2.47 bits per heavy atom. The Balaban J connectivity index is 2.17. The highest BCUT2D eigenvalue weighted by atomic mass is 127. The lowest BCUT2D eigenvalue weighted by Crippen LogP contribution is -2.27. The molecule has 0 bridgehead atoms. The Bertz CT molecular complexity index is 600. The first-order valence-electron chi connectivity index (χ1n) is 5.83. The van der Waals surface area contributed by atoms with Gasteiger partial charge in [-0.1, -0.05) is 46.3 Å². The van der Waals surface area contributed by atoms with Gasteiger partial charge in [-0.25, -0.2) is 0 Å². The molecule has 0 aliphatic heterocycles. The number of carbonyl (C=O) groups excluding carboxylic acids is 1. The van der Waals surface area contributed by atoms with Crippen molar-refractivity contribution in [3.05, 3.63) is 67.7 Å². The van der Waals surface area contributed by atoms with Crippen LogP contribution in [0.5, 0.6) is 0 Å². The summed E-state index contributed by atoms with van der Waals surface area (Å²) in [6, 6.07) is 15.6. The highest BCUT2D eigenvalue weighted by Gasteiger charge is 2.15. The monoisotopic (exact) mass is 429 g/mol. The second kappa shape index (κ2) is 6.52. The molecular formula is C15H13BrINO. The van der Waals surface area contributed by atoms with Crippen LogP contribution in [0.2, 0.25) is 0 Å². The molecule has 2 aromatic carbocycles. The summed E-state index contributed by atoms with van der Waals surface area (Å²) in [5.41, 5.74) is 1.85. The van der Waals surface area contributed by atoms with E-state index in [-0.39, 0.29) is 5.91 Å². The molecule has 19 heavy (non-hydrogen) atoms. The van der Waals surface area contributed by atoms with E-state index in [2.05, 4.69) is 38.5 Å². The van der Waals surface area contributed by atoms with Gasteiger partial charge in [0.2, 0.25) is 0 Å². The summed E-state index contributed by atoms with van der Waals surface area (Å²) in [5.74, 6) is 0.0424. The van der Waals surface area contributed by atoms with E-state index in [1.54, 1.807) is 4.90 Å². The van der Waals surface area contributed by atoms with Gasteiger partial charge in [0.15, 0.2) is 0 Å². The first-order valence-corrected chi connectivity index (χ1v) is 7.70. The van der Waals surface area contributed by atoms with Crippen molar-refractivity contribution in [2.24, 2.45) is 0 Å². The number of nitrogens with zero attached hydrogens (tertiary/aromatic N) is 1. The molecule has 0 fully saturated rings. The van der Waals surface area contributed by atoms with Crippen LogP contribution in [0.25, 0.3) is 0 Å². The van der Waals surface area contributed by atoms with Gasteiger partial charge in [-0.15, -0.1) is 0 Å². The molecule has 0 aliphatic rings. The van der Waals surface area contributed by atoms with Crippen molar-refractivity contribution in [1.29, 1.82) is 0 Å². The maximum Gasteiger partial charge on any atom is 0.254 e. The minimum Gasteiger partial charge on any atom is -0.337 e. The smallest absolute Gasteiger partial charge is 0.254 e. The first kappa shape index (κ1) is 14.5. The molecule has 0 atom stereocenters. The fourth-order valence-corrected chi connectivity index (χ4v) is 2.82. The van der Waals surface area contributed by atoms with Crippen molar-refractivity contribution in [3.63, 3.8) is 0 Å². The first-order chi connectivity index (χ1) is 9.09. The second-order valence-electron chi connectivity index (χ2n) is 4.23. The molecule has 0 spiro atoms. The average Bonchev–Trinajstić information content (AvgIpc) is 2.41.